The number of fused-ring (bicyclic) bond motifs is 1. The van der Waals surface area contributed by atoms with E-state index in [1.807, 2.05) is 42.3 Å². The minimum atomic E-state index is 0.0534. The number of likely N-dealkylation sites (N-methyl/N-ethyl adjacent to an activating group) is 1. The van der Waals surface area contributed by atoms with Crippen molar-refractivity contribution >= 4 is 22.6 Å². The average Bonchev–Trinajstić information content (AvgIpc) is 2.45. The van der Waals surface area contributed by atoms with Gasteiger partial charge in [0, 0.05) is 25.1 Å². The summed E-state index contributed by atoms with van der Waals surface area (Å²) in [7, 11) is 3.64. The maximum absolute atomic E-state index is 7.75. The predicted molar refractivity (Wildman–Crippen MR) is 82.5 cm³/mol. The molecule has 0 amide bonds. The zero-order valence-corrected chi connectivity index (χ0v) is 12.1. The number of pyridine rings is 1. The first-order chi connectivity index (χ1) is 9.54. The van der Waals surface area contributed by atoms with Crippen LogP contribution in [0.15, 0.2) is 30.3 Å². The molecule has 0 aliphatic heterocycles. The number of ether oxygens (including phenoxy) is 1. The Morgan fingerprint density at radius 1 is 1.45 bits per heavy atom. The summed E-state index contributed by atoms with van der Waals surface area (Å²) in [5, 5.41) is 8.65. The van der Waals surface area contributed by atoms with Gasteiger partial charge in [0.1, 0.15) is 11.7 Å². The molecule has 0 fully saturated rings. The van der Waals surface area contributed by atoms with Crippen LogP contribution >= 0.6 is 0 Å². The van der Waals surface area contributed by atoms with E-state index in [0.717, 1.165) is 16.7 Å². The lowest BCUT2D eigenvalue weighted by Gasteiger charge is -2.26. The van der Waals surface area contributed by atoms with Crippen LogP contribution in [0.5, 0.6) is 0 Å². The first-order valence-electron chi connectivity index (χ1n) is 6.50. The molecule has 2 aromatic rings. The molecule has 0 radical (unpaired) electrons. The number of nitrogen functional groups attached to an aromatic ring is 1. The molecule has 1 aromatic heterocycles. The number of anilines is 1. The average molecular weight is 272 g/mol. The number of rotatable bonds is 5. The minimum absolute atomic E-state index is 0.0534. The largest absolute Gasteiger partial charge is 0.384 e. The summed E-state index contributed by atoms with van der Waals surface area (Å²) < 4.78 is 5.18. The van der Waals surface area contributed by atoms with Crippen LogP contribution in [0.2, 0.25) is 0 Å². The van der Waals surface area contributed by atoms with Crippen LogP contribution in [0.25, 0.3) is 10.9 Å². The number of nitrogens with one attached hydrogen (secondary N) is 1. The zero-order valence-electron chi connectivity index (χ0n) is 12.1. The molecule has 5 nitrogen and oxygen atoms in total. The quantitative estimate of drug-likeness (QED) is 0.644. The SMILES string of the molecule is COCC(C)N(C)c1cc(C(=N)N)c2ccccc2n1. The fourth-order valence-corrected chi connectivity index (χ4v) is 2.14. The van der Waals surface area contributed by atoms with Gasteiger partial charge in [-0.1, -0.05) is 18.2 Å². The first kappa shape index (κ1) is 14.3. The molecule has 5 heteroatoms. The Morgan fingerprint density at radius 3 is 2.80 bits per heavy atom. The molecule has 0 saturated carbocycles. The molecule has 0 bridgehead atoms. The normalized spacial score (nSPS) is 12.3. The van der Waals surface area contributed by atoms with Gasteiger partial charge in [0.2, 0.25) is 0 Å². The van der Waals surface area contributed by atoms with E-state index in [0.29, 0.717) is 12.2 Å². The Bertz CT molecular complexity index is 626. The predicted octanol–water partition coefficient (Wildman–Crippen LogP) is 1.99. The van der Waals surface area contributed by atoms with Crippen LogP contribution in [-0.4, -0.2) is 37.6 Å². The van der Waals surface area contributed by atoms with E-state index in [2.05, 4.69) is 11.9 Å². The number of para-hydroxylation sites is 1. The second-order valence-corrected chi connectivity index (χ2v) is 4.87. The molecule has 2 rings (SSSR count). The van der Waals surface area contributed by atoms with E-state index in [1.165, 1.54) is 0 Å². The molecule has 1 heterocycles. The number of benzene rings is 1. The Morgan fingerprint density at radius 2 is 2.15 bits per heavy atom. The number of hydrogen-bond acceptors (Lipinski definition) is 4. The summed E-state index contributed by atoms with van der Waals surface area (Å²) in [5.74, 6) is 0.844. The monoisotopic (exact) mass is 272 g/mol. The highest BCUT2D eigenvalue weighted by atomic mass is 16.5. The van der Waals surface area contributed by atoms with Gasteiger partial charge >= 0.3 is 0 Å². The highest BCUT2D eigenvalue weighted by molar-refractivity contribution is 6.07. The van der Waals surface area contributed by atoms with Crippen LogP contribution in [0.3, 0.4) is 0 Å². The molecule has 0 spiro atoms. The summed E-state index contributed by atoms with van der Waals surface area (Å²) in [6.07, 6.45) is 0. The lowest BCUT2D eigenvalue weighted by atomic mass is 10.1. The van der Waals surface area contributed by atoms with Crippen molar-refractivity contribution in [3.05, 3.63) is 35.9 Å². The Hall–Kier alpha value is -2.14. The molecule has 1 unspecified atom stereocenters. The van der Waals surface area contributed by atoms with Crippen molar-refractivity contribution in [3.63, 3.8) is 0 Å². The molecule has 1 atom stereocenters. The van der Waals surface area contributed by atoms with Gasteiger partial charge in [-0.2, -0.15) is 0 Å². The van der Waals surface area contributed by atoms with E-state index in [4.69, 9.17) is 15.9 Å². The highest BCUT2D eigenvalue weighted by Crippen LogP contribution is 2.23. The van der Waals surface area contributed by atoms with Crippen molar-refractivity contribution in [1.29, 1.82) is 5.41 Å². The van der Waals surface area contributed by atoms with E-state index in [1.54, 1.807) is 7.11 Å². The maximum atomic E-state index is 7.75. The molecule has 106 valence electrons. The van der Waals surface area contributed by atoms with Crippen molar-refractivity contribution in [2.75, 3.05) is 25.7 Å². The smallest absolute Gasteiger partial charge is 0.130 e. The van der Waals surface area contributed by atoms with Crippen molar-refractivity contribution in [2.45, 2.75) is 13.0 Å². The van der Waals surface area contributed by atoms with Crippen molar-refractivity contribution in [2.24, 2.45) is 5.73 Å². The molecule has 0 saturated heterocycles. The third-order valence-electron chi connectivity index (χ3n) is 3.42. The standard InChI is InChI=1S/C15H20N4O/c1-10(9-20-3)19(2)14-8-12(15(16)17)11-6-4-5-7-13(11)18-14/h4-8,10H,9H2,1-3H3,(H3,16,17). The number of aromatic nitrogens is 1. The lowest BCUT2D eigenvalue weighted by molar-refractivity contribution is 0.183. The lowest BCUT2D eigenvalue weighted by Crippen LogP contribution is -2.33. The topological polar surface area (TPSA) is 75.2 Å². The summed E-state index contributed by atoms with van der Waals surface area (Å²) in [5.41, 5.74) is 7.25. The van der Waals surface area contributed by atoms with Crippen LogP contribution in [0.1, 0.15) is 12.5 Å². The fraction of sp³-hybridized carbons (Fsp3) is 0.333. The maximum Gasteiger partial charge on any atom is 0.130 e. The first-order valence-corrected chi connectivity index (χ1v) is 6.50. The van der Waals surface area contributed by atoms with Crippen LogP contribution < -0.4 is 10.6 Å². The van der Waals surface area contributed by atoms with Crippen molar-refractivity contribution in [1.82, 2.24) is 4.98 Å². The Labute approximate surface area is 118 Å². The Balaban J connectivity index is 2.52. The van der Waals surface area contributed by atoms with Gasteiger partial charge in [0.15, 0.2) is 0 Å². The summed E-state index contributed by atoms with van der Waals surface area (Å²) in [6, 6.07) is 9.77. The van der Waals surface area contributed by atoms with Crippen LogP contribution in [0.4, 0.5) is 5.82 Å². The summed E-state index contributed by atoms with van der Waals surface area (Å²) in [6.45, 7) is 2.67. The number of hydrogen-bond donors (Lipinski definition) is 2. The molecule has 0 aliphatic carbocycles. The van der Waals surface area contributed by atoms with E-state index in [9.17, 15) is 0 Å². The molecule has 20 heavy (non-hydrogen) atoms. The molecule has 1 aromatic carbocycles. The molecular formula is C15H20N4O. The van der Waals surface area contributed by atoms with Crippen molar-refractivity contribution in [3.8, 4) is 0 Å². The molecule has 0 aliphatic rings. The molecule has 3 N–H and O–H groups in total. The van der Waals surface area contributed by atoms with Crippen LogP contribution in [-0.2, 0) is 4.74 Å². The number of amidine groups is 1. The number of methoxy groups -OCH3 is 1. The Kier molecular flexibility index (Phi) is 4.20. The minimum Gasteiger partial charge on any atom is -0.384 e. The molecular weight excluding hydrogens is 252 g/mol. The second-order valence-electron chi connectivity index (χ2n) is 4.87. The van der Waals surface area contributed by atoms with Crippen LogP contribution in [0, 0.1) is 5.41 Å². The number of nitrogens with zero attached hydrogens (tertiary/aromatic N) is 2. The summed E-state index contributed by atoms with van der Waals surface area (Å²) in [4.78, 5) is 6.67. The summed E-state index contributed by atoms with van der Waals surface area (Å²) >= 11 is 0. The van der Waals surface area contributed by atoms with Gasteiger partial charge < -0.3 is 15.4 Å². The van der Waals surface area contributed by atoms with Gasteiger partial charge in [0.25, 0.3) is 0 Å². The second kappa shape index (κ2) is 5.88. The third kappa shape index (κ3) is 2.72. The van der Waals surface area contributed by atoms with E-state index in [-0.39, 0.29) is 11.9 Å². The van der Waals surface area contributed by atoms with Gasteiger partial charge in [-0.25, -0.2) is 4.98 Å². The third-order valence-corrected chi connectivity index (χ3v) is 3.42. The van der Waals surface area contributed by atoms with Gasteiger partial charge in [-0.3, -0.25) is 5.41 Å². The van der Waals surface area contributed by atoms with Gasteiger partial charge in [-0.15, -0.1) is 0 Å². The van der Waals surface area contributed by atoms with E-state index < -0.39 is 0 Å². The van der Waals surface area contributed by atoms with Crippen molar-refractivity contribution < 1.29 is 4.74 Å². The fourth-order valence-electron chi connectivity index (χ4n) is 2.14. The zero-order chi connectivity index (χ0) is 14.7. The van der Waals surface area contributed by atoms with Gasteiger partial charge in [-0.05, 0) is 19.1 Å². The van der Waals surface area contributed by atoms with Gasteiger partial charge in [0.05, 0.1) is 18.2 Å². The highest BCUT2D eigenvalue weighted by Gasteiger charge is 2.14. The number of nitrogens with two attached hydrogens (primary N) is 1. The van der Waals surface area contributed by atoms with E-state index >= 15 is 0 Å².